The fraction of sp³-hybridized carbons (Fsp3) is 0.471. The van der Waals surface area contributed by atoms with Crippen LogP contribution < -0.4 is 0 Å². The summed E-state index contributed by atoms with van der Waals surface area (Å²) in [6.45, 7) is 5.86. The highest BCUT2D eigenvalue weighted by Crippen LogP contribution is 2.20. The maximum Gasteiger partial charge on any atom is 0.101 e. The number of H-pyrrole nitrogens is 1. The fourth-order valence-electron chi connectivity index (χ4n) is 3.06. The lowest BCUT2D eigenvalue weighted by atomic mass is 10.1. The Balaban J connectivity index is 1.53. The Morgan fingerprint density at radius 2 is 2.09 bits per heavy atom. The van der Waals surface area contributed by atoms with Crippen LogP contribution in [0.5, 0.6) is 0 Å². The summed E-state index contributed by atoms with van der Waals surface area (Å²) in [4.78, 5) is 5.70. The van der Waals surface area contributed by atoms with Crippen LogP contribution in [0.2, 0.25) is 0 Å². The molecule has 5 heteroatoms. The number of nitrogens with zero attached hydrogens (tertiary/aromatic N) is 3. The van der Waals surface area contributed by atoms with Crippen LogP contribution >= 0.6 is 11.9 Å². The Kier molecular flexibility index (Phi) is 5.04. The monoisotopic (exact) mass is 314 g/mol. The number of hydrogen-bond acceptors (Lipinski definition) is 4. The molecule has 1 aliphatic rings. The van der Waals surface area contributed by atoms with Gasteiger partial charge >= 0.3 is 0 Å². The summed E-state index contributed by atoms with van der Waals surface area (Å²) in [7, 11) is 0. The van der Waals surface area contributed by atoms with Gasteiger partial charge in [-0.2, -0.15) is 5.26 Å². The average molecular weight is 314 g/mol. The van der Waals surface area contributed by atoms with Gasteiger partial charge < -0.3 is 9.88 Å². The predicted molar refractivity (Wildman–Crippen MR) is 92.9 cm³/mol. The van der Waals surface area contributed by atoms with Crippen molar-refractivity contribution in [3.05, 3.63) is 35.5 Å². The van der Waals surface area contributed by atoms with E-state index in [2.05, 4.69) is 44.7 Å². The number of benzene rings is 1. The van der Waals surface area contributed by atoms with Crippen LogP contribution in [0.4, 0.5) is 0 Å². The highest BCUT2D eigenvalue weighted by atomic mass is 32.2. The molecule has 2 aromatic rings. The van der Waals surface area contributed by atoms with Gasteiger partial charge in [0.25, 0.3) is 0 Å². The van der Waals surface area contributed by atoms with Crippen molar-refractivity contribution in [1.29, 1.82) is 5.26 Å². The highest BCUT2D eigenvalue weighted by Gasteiger charge is 2.15. The normalized spacial score (nSPS) is 16.9. The number of fused-ring (bicyclic) bond motifs is 1. The Morgan fingerprint density at radius 3 is 2.82 bits per heavy atom. The van der Waals surface area contributed by atoms with Crippen LogP contribution in [-0.4, -0.2) is 53.2 Å². The second-order valence-electron chi connectivity index (χ2n) is 5.75. The summed E-state index contributed by atoms with van der Waals surface area (Å²) in [6.07, 6.45) is 6.20. The smallest absolute Gasteiger partial charge is 0.101 e. The van der Waals surface area contributed by atoms with Gasteiger partial charge in [-0.15, -0.1) is 0 Å². The Morgan fingerprint density at radius 1 is 1.27 bits per heavy atom. The van der Waals surface area contributed by atoms with E-state index in [1.54, 1.807) is 6.20 Å². The molecule has 1 aromatic carbocycles. The maximum atomic E-state index is 9.12. The van der Waals surface area contributed by atoms with Crippen LogP contribution in [0.1, 0.15) is 17.5 Å². The molecule has 1 fully saturated rings. The van der Waals surface area contributed by atoms with Gasteiger partial charge in [-0.1, -0.05) is 18.0 Å². The first-order valence-electron chi connectivity index (χ1n) is 7.81. The van der Waals surface area contributed by atoms with Gasteiger partial charge in [0.1, 0.15) is 6.07 Å². The number of hydrogen-bond donors (Lipinski definition) is 1. The second kappa shape index (κ2) is 7.19. The van der Waals surface area contributed by atoms with E-state index in [9.17, 15) is 0 Å². The topological polar surface area (TPSA) is 46.1 Å². The van der Waals surface area contributed by atoms with Crippen molar-refractivity contribution in [2.75, 3.05) is 39.0 Å². The molecule has 0 unspecified atom stereocenters. The van der Waals surface area contributed by atoms with Crippen molar-refractivity contribution in [1.82, 2.24) is 14.2 Å². The number of nitrogens with one attached hydrogen (secondary N) is 1. The zero-order valence-corrected chi connectivity index (χ0v) is 13.8. The molecule has 22 heavy (non-hydrogen) atoms. The summed E-state index contributed by atoms with van der Waals surface area (Å²) in [6, 6.07) is 8.67. The van der Waals surface area contributed by atoms with Crippen LogP contribution in [0.3, 0.4) is 0 Å². The van der Waals surface area contributed by atoms with Crippen LogP contribution in [0.15, 0.2) is 24.4 Å². The minimum absolute atomic E-state index is 0.741. The summed E-state index contributed by atoms with van der Waals surface area (Å²) in [5.41, 5.74) is 3.12. The molecular weight excluding hydrogens is 292 g/mol. The SMILES string of the molecule is CSN1CCN(CCCc2ccc3[nH]cc(C#N)c3c2)CC1. The maximum absolute atomic E-state index is 9.12. The van der Waals surface area contributed by atoms with E-state index in [1.807, 2.05) is 11.9 Å². The number of aromatic nitrogens is 1. The second-order valence-corrected chi connectivity index (χ2v) is 6.63. The van der Waals surface area contributed by atoms with Crippen molar-refractivity contribution >= 4 is 22.9 Å². The van der Waals surface area contributed by atoms with Gasteiger partial charge in [0.15, 0.2) is 0 Å². The molecule has 0 bridgehead atoms. The summed E-state index contributed by atoms with van der Waals surface area (Å²) < 4.78 is 2.43. The van der Waals surface area contributed by atoms with Crippen molar-refractivity contribution in [2.45, 2.75) is 12.8 Å². The molecule has 0 spiro atoms. The lowest BCUT2D eigenvalue weighted by Gasteiger charge is -2.33. The van der Waals surface area contributed by atoms with E-state index in [-0.39, 0.29) is 0 Å². The Hall–Kier alpha value is -1.48. The third-order valence-electron chi connectivity index (χ3n) is 4.40. The van der Waals surface area contributed by atoms with Gasteiger partial charge in [-0.3, -0.25) is 0 Å². The van der Waals surface area contributed by atoms with E-state index < -0.39 is 0 Å². The molecule has 1 N–H and O–H groups in total. The number of aryl methyl sites for hydroxylation is 1. The minimum Gasteiger partial charge on any atom is -0.360 e. The molecule has 3 rings (SSSR count). The molecule has 0 amide bonds. The van der Waals surface area contributed by atoms with E-state index in [0.717, 1.165) is 22.9 Å². The molecule has 1 saturated heterocycles. The summed E-state index contributed by atoms with van der Waals surface area (Å²) in [5, 5.41) is 10.2. The first-order valence-corrected chi connectivity index (χ1v) is 9.00. The molecular formula is C17H22N4S. The predicted octanol–water partition coefficient (Wildman–Crippen LogP) is 2.87. The highest BCUT2D eigenvalue weighted by molar-refractivity contribution is 7.96. The first kappa shape index (κ1) is 15.4. The van der Waals surface area contributed by atoms with Gasteiger partial charge in [-0.05, 0) is 43.3 Å². The Labute approximate surface area is 136 Å². The largest absolute Gasteiger partial charge is 0.360 e. The lowest BCUT2D eigenvalue weighted by Crippen LogP contribution is -2.43. The summed E-state index contributed by atoms with van der Waals surface area (Å²) >= 11 is 1.85. The van der Waals surface area contributed by atoms with Gasteiger partial charge in [0, 0.05) is 43.3 Å². The first-order chi connectivity index (χ1) is 10.8. The molecule has 0 saturated carbocycles. The summed E-state index contributed by atoms with van der Waals surface area (Å²) in [5.74, 6) is 0. The molecule has 1 aliphatic heterocycles. The molecule has 1 aromatic heterocycles. The van der Waals surface area contributed by atoms with Crippen molar-refractivity contribution < 1.29 is 0 Å². The Bertz CT molecular complexity index is 665. The number of piperazine rings is 1. The van der Waals surface area contributed by atoms with Gasteiger partial charge in [0.05, 0.1) is 5.56 Å². The molecule has 4 nitrogen and oxygen atoms in total. The zero-order chi connectivity index (χ0) is 15.4. The molecule has 0 aliphatic carbocycles. The standard InChI is InChI=1S/C17H22N4S/c1-22-21-9-7-20(8-10-21)6-2-3-14-4-5-17-16(11-14)15(12-18)13-19-17/h4-5,11,13,19H,2-3,6-10H2,1H3. The molecule has 2 heterocycles. The lowest BCUT2D eigenvalue weighted by molar-refractivity contribution is 0.195. The van der Waals surface area contributed by atoms with Gasteiger partial charge in [0.2, 0.25) is 0 Å². The number of rotatable bonds is 5. The third kappa shape index (κ3) is 3.46. The minimum atomic E-state index is 0.741. The van der Waals surface area contributed by atoms with Crippen molar-refractivity contribution in [3.63, 3.8) is 0 Å². The van der Waals surface area contributed by atoms with Crippen molar-refractivity contribution in [2.24, 2.45) is 0 Å². The van der Waals surface area contributed by atoms with E-state index in [1.165, 1.54) is 44.7 Å². The number of aromatic amines is 1. The van der Waals surface area contributed by atoms with E-state index in [0.29, 0.717) is 0 Å². The molecule has 0 radical (unpaired) electrons. The zero-order valence-electron chi connectivity index (χ0n) is 13.0. The van der Waals surface area contributed by atoms with Crippen molar-refractivity contribution in [3.8, 4) is 6.07 Å². The quantitative estimate of drug-likeness (QED) is 0.862. The third-order valence-corrected chi connectivity index (χ3v) is 5.28. The van der Waals surface area contributed by atoms with E-state index in [4.69, 9.17) is 5.26 Å². The molecule has 0 atom stereocenters. The van der Waals surface area contributed by atoms with Crippen LogP contribution in [-0.2, 0) is 6.42 Å². The molecule has 116 valence electrons. The average Bonchev–Trinajstić information content (AvgIpc) is 2.98. The van der Waals surface area contributed by atoms with Gasteiger partial charge in [-0.25, -0.2) is 4.31 Å². The van der Waals surface area contributed by atoms with Crippen LogP contribution in [0, 0.1) is 11.3 Å². The fourth-order valence-corrected chi connectivity index (χ4v) is 3.59. The number of nitriles is 1. The van der Waals surface area contributed by atoms with Crippen LogP contribution in [0.25, 0.3) is 10.9 Å². The van der Waals surface area contributed by atoms with E-state index >= 15 is 0 Å².